The Morgan fingerprint density at radius 1 is 1.14 bits per heavy atom. The molecule has 0 aromatic heterocycles. The fraction of sp³-hybridized carbons (Fsp3) is 0.786. The molecule has 7 nitrogen and oxygen atoms in total. The normalized spacial score (nSPS) is 11.8. The molecule has 0 spiro atoms. The van der Waals surface area contributed by atoms with Crippen LogP contribution in [0.4, 0.5) is 4.79 Å². The van der Waals surface area contributed by atoms with Crippen molar-refractivity contribution in [2.24, 2.45) is 5.92 Å². The summed E-state index contributed by atoms with van der Waals surface area (Å²) in [6, 6.07) is -1.06. The first-order valence-electron chi connectivity index (χ1n) is 7.20. The molecule has 0 rings (SSSR count). The highest BCUT2D eigenvalue weighted by molar-refractivity contribution is 5.83. The number of amides is 2. The number of hydrogen-bond acceptors (Lipinski definition) is 4. The second-order valence-corrected chi connectivity index (χ2v) is 5.31. The van der Waals surface area contributed by atoms with Crippen LogP contribution in [0.25, 0.3) is 0 Å². The molecular formula is C14H26N2O5. The number of carboxylic acids is 1. The van der Waals surface area contributed by atoms with E-state index in [1.807, 2.05) is 13.8 Å². The molecule has 1 unspecified atom stereocenters. The van der Waals surface area contributed by atoms with Gasteiger partial charge >= 0.3 is 18.0 Å². The number of carbonyl (C=O) groups excluding carboxylic acids is 2. The Morgan fingerprint density at radius 2 is 1.81 bits per heavy atom. The summed E-state index contributed by atoms with van der Waals surface area (Å²) in [5, 5.41) is 13.7. The largest absolute Gasteiger partial charge is 0.481 e. The van der Waals surface area contributed by atoms with Crippen LogP contribution in [0.2, 0.25) is 0 Å². The fourth-order valence-corrected chi connectivity index (χ4v) is 1.82. The molecule has 0 radical (unpaired) electrons. The van der Waals surface area contributed by atoms with E-state index in [0.717, 1.165) is 6.42 Å². The Morgan fingerprint density at radius 3 is 2.33 bits per heavy atom. The predicted octanol–water partition coefficient (Wildman–Crippen LogP) is 1.52. The average Bonchev–Trinajstić information content (AvgIpc) is 2.40. The SMILES string of the molecule is COC(=O)C(CC(C)C)NC(=O)NCCCCCC(=O)O. The van der Waals surface area contributed by atoms with Crippen LogP contribution in [0.3, 0.4) is 0 Å². The van der Waals surface area contributed by atoms with Crippen LogP contribution in [0, 0.1) is 5.92 Å². The van der Waals surface area contributed by atoms with E-state index in [1.165, 1.54) is 7.11 Å². The van der Waals surface area contributed by atoms with Crippen molar-refractivity contribution in [1.29, 1.82) is 0 Å². The Labute approximate surface area is 125 Å². The van der Waals surface area contributed by atoms with Crippen LogP contribution in [0.15, 0.2) is 0 Å². The molecule has 0 aromatic carbocycles. The van der Waals surface area contributed by atoms with Gasteiger partial charge in [0.2, 0.25) is 0 Å². The summed E-state index contributed by atoms with van der Waals surface area (Å²) in [6.45, 7) is 4.36. The molecule has 0 aliphatic rings. The zero-order valence-electron chi connectivity index (χ0n) is 13.0. The van der Waals surface area contributed by atoms with E-state index in [2.05, 4.69) is 15.4 Å². The molecular weight excluding hydrogens is 276 g/mol. The zero-order chi connectivity index (χ0) is 16.3. The maximum Gasteiger partial charge on any atom is 0.328 e. The van der Waals surface area contributed by atoms with Gasteiger partial charge in [-0.15, -0.1) is 0 Å². The minimum absolute atomic E-state index is 0.144. The molecule has 0 aromatic rings. The molecule has 21 heavy (non-hydrogen) atoms. The number of esters is 1. The van der Waals surface area contributed by atoms with E-state index in [-0.39, 0.29) is 12.3 Å². The van der Waals surface area contributed by atoms with Crippen LogP contribution in [0.5, 0.6) is 0 Å². The van der Waals surface area contributed by atoms with E-state index >= 15 is 0 Å². The summed E-state index contributed by atoms with van der Waals surface area (Å²) in [5.74, 6) is -1.01. The van der Waals surface area contributed by atoms with Crippen molar-refractivity contribution in [1.82, 2.24) is 10.6 Å². The number of rotatable bonds is 10. The third-order valence-electron chi connectivity index (χ3n) is 2.85. The quantitative estimate of drug-likeness (QED) is 0.419. The second kappa shape index (κ2) is 10.9. The molecule has 0 saturated heterocycles. The van der Waals surface area contributed by atoms with E-state index in [0.29, 0.717) is 25.8 Å². The number of urea groups is 1. The predicted molar refractivity (Wildman–Crippen MR) is 77.9 cm³/mol. The summed E-state index contributed by atoms with van der Waals surface area (Å²) in [6.07, 6.45) is 2.69. The minimum Gasteiger partial charge on any atom is -0.481 e. The van der Waals surface area contributed by atoms with E-state index in [1.54, 1.807) is 0 Å². The number of unbranched alkanes of at least 4 members (excludes halogenated alkanes) is 2. The number of hydrogen-bond donors (Lipinski definition) is 3. The van der Waals surface area contributed by atoms with Crippen molar-refractivity contribution >= 4 is 18.0 Å². The van der Waals surface area contributed by atoms with Gasteiger partial charge in [0.25, 0.3) is 0 Å². The standard InChI is InChI=1S/C14H26N2O5/c1-10(2)9-11(13(19)21-3)16-14(20)15-8-6-4-5-7-12(17)18/h10-11H,4-9H2,1-3H3,(H,17,18)(H2,15,16,20). The van der Waals surface area contributed by atoms with E-state index in [9.17, 15) is 14.4 Å². The summed E-state index contributed by atoms with van der Waals surface area (Å²) < 4.78 is 4.66. The van der Waals surface area contributed by atoms with Gasteiger partial charge < -0.3 is 20.5 Å². The summed E-state index contributed by atoms with van der Waals surface area (Å²) >= 11 is 0. The summed E-state index contributed by atoms with van der Waals surface area (Å²) in [7, 11) is 1.29. The van der Waals surface area contributed by atoms with Crippen LogP contribution in [-0.4, -0.2) is 42.8 Å². The maximum absolute atomic E-state index is 11.7. The first-order valence-corrected chi connectivity index (χ1v) is 7.20. The van der Waals surface area contributed by atoms with Gasteiger partial charge in [0.15, 0.2) is 0 Å². The second-order valence-electron chi connectivity index (χ2n) is 5.31. The number of nitrogens with one attached hydrogen (secondary N) is 2. The van der Waals surface area contributed by atoms with Gasteiger partial charge in [0.1, 0.15) is 6.04 Å². The first-order chi connectivity index (χ1) is 9.86. The van der Waals surface area contributed by atoms with Crippen LogP contribution < -0.4 is 10.6 Å². The molecule has 0 heterocycles. The molecule has 2 amide bonds. The van der Waals surface area contributed by atoms with Crippen LogP contribution in [-0.2, 0) is 14.3 Å². The summed E-state index contributed by atoms with van der Waals surface area (Å²) in [5.41, 5.74) is 0. The Hall–Kier alpha value is -1.79. The van der Waals surface area contributed by atoms with Crippen molar-refractivity contribution in [2.75, 3.05) is 13.7 Å². The third kappa shape index (κ3) is 10.6. The minimum atomic E-state index is -0.810. The molecule has 0 aliphatic heterocycles. The Kier molecular flexibility index (Phi) is 10.0. The average molecular weight is 302 g/mol. The van der Waals surface area contributed by atoms with Crippen molar-refractivity contribution in [2.45, 2.75) is 52.0 Å². The highest BCUT2D eigenvalue weighted by Crippen LogP contribution is 2.06. The van der Waals surface area contributed by atoms with Crippen molar-refractivity contribution in [3.8, 4) is 0 Å². The van der Waals surface area contributed by atoms with Gasteiger partial charge in [-0.05, 0) is 25.2 Å². The number of methoxy groups -OCH3 is 1. The van der Waals surface area contributed by atoms with Gasteiger partial charge in [-0.1, -0.05) is 20.3 Å². The molecule has 122 valence electrons. The fourth-order valence-electron chi connectivity index (χ4n) is 1.82. The van der Waals surface area contributed by atoms with Gasteiger partial charge in [0.05, 0.1) is 7.11 Å². The smallest absolute Gasteiger partial charge is 0.328 e. The number of aliphatic carboxylic acids is 1. The van der Waals surface area contributed by atoms with Crippen molar-refractivity contribution in [3.63, 3.8) is 0 Å². The van der Waals surface area contributed by atoms with Crippen molar-refractivity contribution < 1.29 is 24.2 Å². The monoisotopic (exact) mass is 302 g/mol. The third-order valence-corrected chi connectivity index (χ3v) is 2.85. The Balaban J connectivity index is 3.92. The lowest BCUT2D eigenvalue weighted by atomic mass is 10.0. The number of carbonyl (C=O) groups is 3. The molecule has 0 aliphatic carbocycles. The van der Waals surface area contributed by atoms with Crippen molar-refractivity contribution in [3.05, 3.63) is 0 Å². The number of carboxylic acid groups (broad SMARTS) is 1. The molecule has 3 N–H and O–H groups in total. The van der Waals surface area contributed by atoms with Gasteiger partial charge in [0, 0.05) is 13.0 Å². The molecule has 7 heteroatoms. The molecule has 0 saturated carbocycles. The van der Waals surface area contributed by atoms with Gasteiger partial charge in [-0.2, -0.15) is 0 Å². The van der Waals surface area contributed by atoms with Crippen LogP contribution >= 0.6 is 0 Å². The van der Waals surface area contributed by atoms with Gasteiger partial charge in [-0.3, -0.25) is 4.79 Å². The lowest BCUT2D eigenvalue weighted by molar-refractivity contribution is -0.143. The topological polar surface area (TPSA) is 105 Å². The molecule has 1 atom stereocenters. The lowest BCUT2D eigenvalue weighted by Gasteiger charge is -2.18. The first kappa shape index (κ1) is 19.2. The van der Waals surface area contributed by atoms with E-state index < -0.39 is 24.0 Å². The molecule has 0 bridgehead atoms. The maximum atomic E-state index is 11.7. The van der Waals surface area contributed by atoms with E-state index in [4.69, 9.17) is 5.11 Å². The lowest BCUT2D eigenvalue weighted by Crippen LogP contribution is -2.47. The van der Waals surface area contributed by atoms with Gasteiger partial charge in [-0.25, -0.2) is 9.59 Å². The highest BCUT2D eigenvalue weighted by Gasteiger charge is 2.22. The zero-order valence-corrected chi connectivity index (χ0v) is 13.0. The summed E-state index contributed by atoms with van der Waals surface area (Å²) in [4.78, 5) is 33.5. The molecule has 0 fully saturated rings. The Bertz CT molecular complexity index is 344. The van der Waals surface area contributed by atoms with Crippen LogP contribution in [0.1, 0.15) is 46.0 Å². The highest BCUT2D eigenvalue weighted by atomic mass is 16.5. The number of ether oxygens (including phenoxy) is 1.